The number of esters is 1. The van der Waals surface area contributed by atoms with Crippen LogP contribution in [0.4, 0.5) is 4.79 Å². The van der Waals surface area contributed by atoms with Crippen LogP contribution in [0.25, 0.3) is 0 Å². The quantitative estimate of drug-likeness (QED) is 0.758. The average molecular weight is 371 g/mol. The highest BCUT2D eigenvalue weighted by Gasteiger charge is 2.26. The van der Waals surface area contributed by atoms with Crippen LogP contribution in [0.3, 0.4) is 0 Å². The van der Waals surface area contributed by atoms with E-state index in [2.05, 4.69) is 5.32 Å². The first kappa shape index (κ1) is 20.3. The molecule has 2 rings (SSSR count). The van der Waals surface area contributed by atoms with Crippen molar-refractivity contribution in [2.75, 3.05) is 0 Å². The van der Waals surface area contributed by atoms with Crippen LogP contribution in [-0.2, 0) is 27.3 Å². The van der Waals surface area contributed by atoms with E-state index in [0.717, 1.165) is 5.56 Å². The first-order valence-corrected chi connectivity index (χ1v) is 8.71. The summed E-state index contributed by atoms with van der Waals surface area (Å²) < 4.78 is 10.6. The molecule has 6 nitrogen and oxygen atoms in total. The van der Waals surface area contributed by atoms with Gasteiger partial charge in [0, 0.05) is 6.42 Å². The van der Waals surface area contributed by atoms with Gasteiger partial charge >= 0.3 is 12.1 Å². The molecular formula is C21H25NO5. The molecule has 2 aromatic carbocycles. The molecule has 1 unspecified atom stereocenters. The van der Waals surface area contributed by atoms with Gasteiger partial charge in [0.15, 0.2) is 0 Å². The summed E-state index contributed by atoms with van der Waals surface area (Å²) in [5.74, 6) is -0.558. The number of para-hydroxylation sites is 1. The van der Waals surface area contributed by atoms with E-state index in [-0.39, 0.29) is 18.8 Å². The van der Waals surface area contributed by atoms with Crippen LogP contribution in [0.15, 0.2) is 54.6 Å². The third kappa shape index (κ3) is 7.01. The van der Waals surface area contributed by atoms with Gasteiger partial charge in [-0.3, -0.25) is 0 Å². The van der Waals surface area contributed by atoms with E-state index in [0.29, 0.717) is 5.56 Å². The molecule has 144 valence electrons. The van der Waals surface area contributed by atoms with Crippen LogP contribution >= 0.6 is 0 Å². The number of hydrogen-bond acceptors (Lipinski definition) is 5. The number of aromatic hydroxyl groups is 1. The average Bonchev–Trinajstić information content (AvgIpc) is 2.60. The lowest BCUT2D eigenvalue weighted by Crippen LogP contribution is -2.45. The Bertz CT molecular complexity index is 768. The second-order valence-corrected chi connectivity index (χ2v) is 7.12. The number of amides is 1. The second kappa shape index (κ2) is 9.07. The van der Waals surface area contributed by atoms with E-state index in [1.54, 1.807) is 39.0 Å². The van der Waals surface area contributed by atoms with Gasteiger partial charge in [0.25, 0.3) is 0 Å². The smallest absolute Gasteiger partial charge is 0.408 e. The minimum Gasteiger partial charge on any atom is -0.508 e. The highest BCUT2D eigenvalue weighted by molar-refractivity contribution is 5.82. The van der Waals surface area contributed by atoms with Crippen molar-refractivity contribution in [2.24, 2.45) is 0 Å². The van der Waals surface area contributed by atoms with Gasteiger partial charge in [-0.1, -0.05) is 48.5 Å². The summed E-state index contributed by atoms with van der Waals surface area (Å²) in [7, 11) is 0. The molecule has 0 aliphatic rings. The lowest BCUT2D eigenvalue weighted by Gasteiger charge is -2.23. The number of phenols is 1. The Morgan fingerprint density at radius 2 is 1.67 bits per heavy atom. The molecule has 2 aromatic rings. The maximum atomic E-state index is 12.6. The van der Waals surface area contributed by atoms with Crippen molar-refractivity contribution >= 4 is 12.1 Å². The highest BCUT2D eigenvalue weighted by Crippen LogP contribution is 2.18. The largest absolute Gasteiger partial charge is 0.508 e. The van der Waals surface area contributed by atoms with Crippen LogP contribution < -0.4 is 5.32 Å². The van der Waals surface area contributed by atoms with Crippen molar-refractivity contribution in [2.45, 2.75) is 45.4 Å². The predicted octanol–water partition coefficient (Wildman–Crippen LogP) is 3.57. The Hall–Kier alpha value is -3.02. The molecule has 1 amide bonds. The molecule has 0 aliphatic heterocycles. The number of phenolic OH excluding ortho intramolecular Hbond substituents is 1. The van der Waals surface area contributed by atoms with Crippen LogP contribution in [0.2, 0.25) is 0 Å². The zero-order chi connectivity index (χ0) is 19.9. The molecular weight excluding hydrogens is 346 g/mol. The lowest BCUT2D eigenvalue weighted by molar-refractivity contribution is -0.147. The minimum atomic E-state index is -0.989. The number of alkyl carbamates (subject to hydrolysis) is 1. The number of rotatable bonds is 6. The van der Waals surface area contributed by atoms with Gasteiger partial charge in [0.1, 0.15) is 24.0 Å². The molecule has 0 bridgehead atoms. The maximum absolute atomic E-state index is 12.6. The van der Waals surface area contributed by atoms with Crippen LogP contribution in [0.1, 0.15) is 31.9 Å². The molecule has 0 heterocycles. The number of hydrogen-bond donors (Lipinski definition) is 2. The normalized spacial score (nSPS) is 12.1. The van der Waals surface area contributed by atoms with Crippen LogP contribution in [0, 0.1) is 0 Å². The van der Waals surface area contributed by atoms with Gasteiger partial charge in [-0.25, -0.2) is 9.59 Å². The topological polar surface area (TPSA) is 84.9 Å². The maximum Gasteiger partial charge on any atom is 0.408 e. The molecule has 0 radical (unpaired) electrons. The minimum absolute atomic E-state index is 0.0457. The van der Waals surface area contributed by atoms with E-state index in [1.165, 1.54) is 6.07 Å². The fourth-order valence-corrected chi connectivity index (χ4v) is 2.38. The van der Waals surface area contributed by atoms with Crippen molar-refractivity contribution < 1.29 is 24.2 Å². The Balaban J connectivity index is 2.09. The summed E-state index contributed by atoms with van der Waals surface area (Å²) in [5.41, 5.74) is 0.664. The lowest BCUT2D eigenvalue weighted by atomic mass is 10.1. The molecule has 0 aromatic heterocycles. The van der Waals surface area contributed by atoms with Crippen molar-refractivity contribution in [3.05, 3.63) is 65.7 Å². The van der Waals surface area contributed by atoms with E-state index in [1.807, 2.05) is 30.3 Å². The summed E-state index contributed by atoms with van der Waals surface area (Å²) in [6, 6.07) is 14.9. The van der Waals surface area contributed by atoms with E-state index >= 15 is 0 Å². The summed E-state index contributed by atoms with van der Waals surface area (Å²) in [6.45, 7) is 5.29. The second-order valence-electron chi connectivity index (χ2n) is 7.12. The number of carbonyl (C=O) groups excluding carboxylic acids is 2. The Morgan fingerprint density at radius 3 is 2.30 bits per heavy atom. The summed E-state index contributed by atoms with van der Waals surface area (Å²) in [6.07, 6.45) is -0.640. The zero-order valence-corrected chi connectivity index (χ0v) is 15.8. The SMILES string of the molecule is CC(C)(C)OC(=O)NC(Cc1ccccc1O)C(=O)OCc1ccccc1. The summed E-state index contributed by atoms with van der Waals surface area (Å²) in [4.78, 5) is 24.7. The molecule has 27 heavy (non-hydrogen) atoms. The Labute approximate surface area is 159 Å². The fourth-order valence-electron chi connectivity index (χ4n) is 2.38. The standard InChI is InChI=1S/C21H25NO5/c1-21(2,3)27-20(25)22-17(13-16-11-7-8-12-18(16)23)19(24)26-14-15-9-5-4-6-10-15/h4-12,17,23H,13-14H2,1-3H3,(H,22,25). The monoisotopic (exact) mass is 371 g/mol. The van der Waals surface area contributed by atoms with Crippen molar-refractivity contribution in [3.63, 3.8) is 0 Å². The molecule has 6 heteroatoms. The van der Waals surface area contributed by atoms with Gasteiger partial charge in [0.05, 0.1) is 0 Å². The molecule has 0 fully saturated rings. The van der Waals surface area contributed by atoms with Crippen molar-refractivity contribution in [1.29, 1.82) is 0 Å². The van der Waals surface area contributed by atoms with E-state index in [9.17, 15) is 14.7 Å². The van der Waals surface area contributed by atoms with Gasteiger partial charge in [0.2, 0.25) is 0 Å². The third-order valence-corrected chi connectivity index (χ3v) is 3.62. The number of ether oxygens (including phenoxy) is 2. The highest BCUT2D eigenvalue weighted by atomic mass is 16.6. The molecule has 2 N–H and O–H groups in total. The van der Waals surface area contributed by atoms with Crippen LogP contribution in [0.5, 0.6) is 5.75 Å². The van der Waals surface area contributed by atoms with Crippen molar-refractivity contribution in [3.8, 4) is 5.75 Å². The molecule has 1 atom stereocenters. The molecule has 0 spiro atoms. The zero-order valence-electron chi connectivity index (χ0n) is 15.8. The number of nitrogens with one attached hydrogen (secondary N) is 1. The third-order valence-electron chi connectivity index (χ3n) is 3.62. The molecule has 0 saturated carbocycles. The van der Waals surface area contributed by atoms with Gasteiger partial charge in [-0.15, -0.1) is 0 Å². The summed E-state index contributed by atoms with van der Waals surface area (Å²) in [5, 5.41) is 12.5. The number of carbonyl (C=O) groups is 2. The summed E-state index contributed by atoms with van der Waals surface area (Å²) >= 11 is 0. The Morgan fingerprint density at radius 1 is 1.04 bits per heavy atom. The van der Waals surface area contributed by atoms with Gasteiger partial charge in [-0.2, -0.15) is 0 Å². The molecule has 0 aliphatic carbocycles. The molecule has 0 saturated heterocycles. The van der Waals surface area contributed by atoms with Crippen molar-refractivity contribution in [1.82, 2.24) is 5.32 Å². The van der Waals surface area contributed by atoms with Gasteiger partial charge in [-0.05, 0) is 38.0 Å². The first-order valence-electron chi connectivity index (χ1n) is 8.71. The van der Waals surface area contributed by atoms with E-state index < -0.39 is 23.7 Å². The van der Waals surface area contributed by atoms with Crippen LogP contribution in [-0.4, -0.2) is 28.8 Å². The first-order chi connectivity index (χ1) is 12.7. The Kier molecular flexibility index (Phi) is 6.82. The number of benzene rings is 2. The van der Waals surface area contributed by atoms with Gasteiger partial charge < -0.3 is 19.9 Å². The van der Waals surface area contributed by atoms with E-state index in [4.69, 9.17) is 9.47 Å². The fraction of sp³-hybridized carbons (Fsp3) is 0.333. The predicted molar refractivity (Wildman–Crippen MR) is 101 cm³/mol.